The predicted molar refractivity (Wildman–Crippen MR) is 105 cm³/mol. The highest BCUT2D eigenvalue weighted by atomic mass is 35.5. The highest BCUT2D eigenvalue weighted by Gasteiger charge is 2.15. The first kappa shape index (κ1) is 18.3. The summed E-state index contributed by atoms with van der Waals surface area (Å²) in [5.41, 5.74) is 0.535. The van der Waals surface area contributed by atoms with Gasteiger partial charge >= 0.3 is 0 Å². The lowest BCUT2D eigenvalue weighted by Gasteiger charge is -2.08. The van der Waals surface area contributed by atoms with Gasteiger partial charge in [0.2, 0.25) is 5.91 Å². The maximum atomic E-state index is 12.2. The van der Waals surface area contributed by atoms with Gasteiger partial charge in [0.25, 0.3) is 0 Å². The van der Waals surface area contributed by atoms with Gasteiger partial charge < -0.3 is 9.88 Å². The molecule has 25 heavy (non-hydrogen) atoms. The number of rotatable bonds is 6. The molecule has 0 aliphatic heterocycles. The monoisotopic (exact) mass is 412 g/mol. The Morgan fingerprint density at radius 3 is 2.84 bits per heavy atom. The highest BCUT2D eigenvalue weighted by Crippen LogP contribution is 2.28. The van der Waals surface area contributed by atoms with Crippen LogP contribution < -0.4 is 5.32 Å². The Balaban J connectivity index is 1.66. The molecule has 9 heteroatoms. The van der Waals surface area contributed by atoms with Crippen molar-refractivity contribution in [3.8, 4) is 10.7 Å². The van der Waals surface area contributed by atoms with Gasteiger partial charge in [-0.3, -0.25) is 4.79 Å². The average Bonchev–Trinajstić information content (AvgIpc) is 3.24. The van der Waals surface area contributed by atoms with E-state index in [0.717, 1.165) is 17.2 Å². The van der Waals surface area contributed by atoms with E-state index in [-0.39, 0.29) is 11.7 Å². The first-order chi connectivity index (χ1) is 12.1. The van der Waals surface area contributed by atoms with Crippen molar-refractivity contribution in [2.24, 2.45) is 0 Å². The molecule has 0 aliphatic carbocycles. The van der Waals surface area contributed by atoms with Gasteiger partial charge in [-0.25, -0.2) is 0 Å². The van der Waals surface area contributed by atoms with Gasteiger partial charge in [-0.2, -0.15) is 0 Å². The minimum atomic E-state index is -0.169. The van der Waals surface area contributed by atoms with Crippen LogP contribution in [-0.2, 0) is 11.3 Å². The normalized spacial score (nSPS) is 10.8. The molecule has 2 aromatic heterocycles. The summed E-state index contributed by atoms with van der Waals surface area (Å²) in [6.45, 7) is 2.76. The number of carbonyl (C=O) groups is 1. The second-order valence-corrected chi connectivity index (χ2v) is 7.72. The first-order valence-electron chi connectivity index (χ1n) is 7.43. The minimum absolute atomic E-state index is 0.169. The zero-order valence-electron chi connectivity index (χ0n) is 13.2. The van der Waals surface area contributed by atoms with Crippen molar-refractivity contribution in [3.05, 3.63) is 45.8 Å². The Morgan fingerprint density at radius 1 is 1.32 bits per heavy atom. The van der Waals surface area contributed by atoms with Crippen LogP contribution in [0.4, 0.5) is 5.69 Å². The molecule has 1 N–H and O–H groups in total. The number of hydrogen-bond donors (Lipinski definition) is 1. The van der Waals surface area contributed by atoms with Crippen molar-refractivity contribution in [2.45, 2.75) is 18.6 Å². The van der Waals surface area contributed by atoms with E-state index in [1.807, 2.05) is 29.0 Å². The average molecular weight is 413 g/mol. The van der Waals surface area contributed by atoms with E-state index in [2.05, 4.69) is 15.5 Å². The molecule has 0 fully saturated rings. The second kappa shape index (κ2) is 8.23. The van der Waals surface area contributed by atoms with Gasteiger partial charge in [0.05, 0.1) is 21.3 Å². The Bertz CT molecular complexity index is 880. The Kier molecular flexibility index (Phi) is 6.01. The molecular weight excluding hydrogens is 399 g/mol. The third-order valence-electron chi connectivity index (χ3n) is 3.31. The largest absolute Gasteiger partial charge is 0.324 e. The van der Waals surface area contributed by atoms with Gasteiger partial charge in [-0.1, -0.05) is 41.0 Å². The molecule has 0 spiro atoms. The summed E-state index contributed by atoms with van der Waals surface area (Å²) in [4.78, 5) is 13.2. The number of carbonyl (C=O) groups excluding carboxylic acids is 1. The summed E-state index contributed by atoms with van der Waals surface area (Å²) in [6, 6.07) is 8.93. The number of hydrogen-bond acceptors (Lipinski definition) is 5. The standard InChI is InChI=1S/C16H14Cl2N4OS2/c1-2-22-15(13-4-3-7-24-13)20-21-16(22)25-9-14(23)19-12-6-5-10(17)8-11(12)18/h3-8H,2,9H2,1H3,(H,19,23). The van der Waals surface area contributed by atoms with E-state index in [0.29, 0.717) is 20.9 Å². The van der Waals surface area contributed by atoms with Gasteiger partial charge in [-0.15, -0.1) is 21.5 Å². The molecule has 0 radical (unpaired) electrons. The lowest BCUT2D eigenvalue weighted by Crippen LogP contribution is -2.15. The van der Waals surface area contributed by atoms with Gasteiger partial charge in [0.15, 0.2) is 11.0 Å². The predicted octanol–water partition coefficient (Wildman–Crippen LogP) is 5.06. The van der Waals surface area contributed by atoms with Crippen LogP contribution in [0.25, 0.3) is 10.7 Å². The molecule has 2 heterocycles. The van der Waals surface area contributed by atoms with E-state index in [9.17, 15) is 4.79 Å². The Morgan fingerprint density at radius 2 is 2.16 bits per heavy atom. The molecule has 130 valence electrons. The van der Waals surface area contributed by atoms with Crippen LogP contribution >= 0.6 is 46.3 Å². The molecule has 0 aliphatic rings. The number of nitrogens with zero attached hydrogens (tertiary/aromatic N) is 3. The number of benzene rings is 1. The van der Waals surface area contributed by atoms with Crippen LogP contribution in [0.3, 0.4) is 0 Å². The van der Waals surface area contributed by atoms with Gasteiger partial charge in [-0.05, 0) is 36.6 Å². The summed E-state index contributed by atoms with van der Waals surface area (Å²) in [5.74, 6) is 0.861. The van der Waals surface area contributed by atoms with Crippen molar-refractivity contribution in [2.75, 3.05) is 11.1 Å². The SMILES string of the molecule is CCn1c(SCC(=O)Nc2ccc(Cl)cc2Cl)nnc1-c1cccs1. The Labute approximate surface area is 163 Å². The quantitative estimate of drug-likeness (QED) is 0.574. The van der Waals surface area contributed by atoms with Gasteiger partial charge in [0, 0.05) is 11.6 Å². The molecule has 5 nitrogen and oxygen atoms in total. The fraction of sp³-hybridized carbons (Fsp3) is 0.188. The topological polar surface area (TPSA) is 59.8 Å². The maximum absolute atomic E-state index is 12.2. The minimum Gasteiger partial charge on any atom is -0.324 e. The molecule has 3 rings (SSSR count). The van der Waals surface area contributed by atoms with Crippen LogP contribution in [0.1, 0.15) is 6.92 Å². The molecule has 3 aromatic rings. The Hall–Kier alpha value is -1.54. The molecule has 1 amide bonds. The van der Waals surface area contributed by atoms with E-state index in [1.54, 1.807) is 29.5 Å². The summed E-state index contributed by atoms with van der Waals surface area (Å²) < 4.78 is 2.00. The second-order valence-electron chi connectivity index (χ2n) is 4.99. The zero-order valence-corrected chi connectivity index (χ0v) is 16.3. The number of thioether (sulfide) groups is 1. The van der Waals surface area contributed by atoms with Crippen LogP contribution in [0.2, 0.25) is 10.0 Å². The fourth-order valence-corrected chi connectivity index (χ4v) is 4.15. The molecule has 0 atom stereocenters. The summed E-state index contributed by atoms with van der Waals surface area (Å²) in [6.07, 6.45) is 0. The molecular formula is C16H14Cl2N4OS2. The third-order valence-corrected chi connectivity index (χ3v) is 5.69. The van der Waals surface area contributed by atoms with Crippen molar-refractivity contribution in [1.82, 2.24) is 14.8 Å². The van der Waals surface area contributed by atoms with E-state index in [4.69, 9.17) is 23.2 Å². The summed E-state index contributed by atoms with van der Waals surface area (Å²) in [5, 5.41) is 14.9. The molecule has 1 aromatic carbocycles. The van der Waals surface area contributed by atoms with Gasteiger partial charge in [0.1, 0.15) is 0 Å². The van der Waals surface area contributed by atoms with Crippen molar-refractivity contribution in [3.63, 3.8) is 0 Å². The highest BCUT2D eigenvalue weighted by molar-refractivity contribution is 7.99. The van der Waals surface area contributed by atoms with Crippen LogP contribution in [-0.4, -0.2) is 26.4 Å². The number of amides is 1. The number of nitrogens with one attached hydrogen (secondary N) is 1. The first-order valence-corrected chi connectivity index (χ1v) is 10.1. The van der Waals surface area contributed by atoms with E-state index >= 15 is 0 Å². The summed E-state index contributed by atoms with van der Waals surface area (Å²) >= 11 is 14.9. The number of anilines is 1. The molecule has 0 saturated carbocycles. The van der Waals surface area contributed by atoms with Crippen LogP contribution in [0.15, 0.2) is 40.9 Å². The third kappa shape index (κ3) is 4.36. The van der Waals surface area contributed by atoms with E-state index < -0.39 is 0 Å². The number of aromatic nitrogens is 3. The van der Waals surface area contributed by atoms with E-state index in [1.165, 1.54) is 11.8 Å². The smallest absolute Gasteiger partial charge is 0.234 e. The zero-order chi connectivity index (χ0) is 17.8. The lowest BCUT2D eigenvalue weighted by atomic mass is 10.3. The van der Waals surface area contributed by atoms with Crippen LogP contribution in [0.5, 0.6) is 0 Å². The molecule has 0 bridgehead atoms. The molecule has 0 saturated heterocycles. The fourth-order valence-electron chi connectivity index (χ4n) is 2.18. The number of halogens is 2. The number of thiophene rings is 1. The van der Waals surface area contributed by atoms with Crippen molar-refractivity contribution < 1.29 is 4.79 Å². The maximum Gasteiger partial charge on any atom is 0.234 e. The molecule has 0 unspecified atom stereocenters. The van der Waals surface area contributed by atoms with Crippen LogP contribution in [0, 0.1) is 0 Å². The summed E-state index contributed by atoms with van der Waals surface area (Å²) in [7, 11) is 0. The lowest BCUT2D eigenvalue weighted by molar-refractivity contribution is -0.113. The van der Waals surface area contributed by atoms with Crippen molar-refractivity contribution >= 4 is 57.9 Å². The van der Waals surface area contributed by atoms with Crippen molar-refractivity contribution in [1.29, 1.82) is 0 Å².